The largest absolute Gasteiger partial charge is 0.492 e. The van der Waals surface area contributed by atoms with Crippen LogP contribution in [-0.4, -0.2) is 26.2 Å². The number of hydrogen-bond acceptors (Lipinski definition) is 4. The molecule has 4 nitrogen and oxygen atoms in total. The highest BCUT2D eigenvalue weighted by atomic mass is 16.5. The molecule has 2 rings (SSSR count). The zero-order valence-electron chi connectivity index (χ0n) is 11.3. The number of methoxy groups -OCH3 is 1. The predicted octanol–water partition coefficient (Wildman–Crippen LogP) is 2.96. The Morgan fingerprint density at radius 2 is 1.75 bits per heavy atom. The summed E-state index contributed by atoms with van der Waals surface area (Å²) < 4.78 is 10.3. The molecular formula is C16H17NO3. The molecule has 0 aromatic heterocycles. The SMILES string of the molecule is COC(=O)c1ccccc1NCCOc1ccccc1. The van der Waals surface area contributed by atoms with Crippen molar-refractivity contribution in [1.29, 1.82) is 0 Å². The first-order valence-corrected chi connectivity index (χ1v) is 6.40. The molecule has 0 atom stereocenters. The second-order valence-electron chi connectivity index (χ2n) is 4.13. The lowest BCUT2D eigenvalue weighted by Crippen LogP contribution is -2.14. The number of benzene rings is 2. The number of hydrogen-bond donors (Lipinski definition) is 1. The Labute approximate surface area is 118 Å². The van der Waals surface area contributed by atoms with Gasteiger partial charge in [0.15, 0.2) is 0 Å². The summed E-state index contributed by atoms with van der Waals surface area (Å²) in [6.45, 7) is 1.11. The zero-order chi connectivity index (χ0) is 14.2. The van der Waals surface area contributed by atoms with Gasteiger partial charge in [-0.05, 0) is 24.3 Å². The van der Waals surface area contributed by atoms with Crippen molar-refractivity contribution in [3.8, 4) is 5.75 Å². The van der Waals surface area contributed by atoms with E-state index < -0.39 is 0 Å². The maximum Gasteiger partial charge on any atom is 0.339 e. The minimum Gasteiger partial charge on any atom is -0.492 e. The zero-order valence-corrected chi connectivity index (χ0v) is 11.3. The van der Waals surface area contributed by atoms with E-state index in [2.05, 4.69) is 5.32 Å². The van der Waals surface area contributed by atoms with Crippen molar-refractivity contribution < 1.29 is 14.3 Å². The fourth-order valence-corrected chi connectivity index (χ4v) is 1.80. The molecule has 2 aromatic carbocycles. The summed E-state index contributed by atoms with van der Waals surface area (Å²) in [6.07, 6.45) is 0. The lowest BCUT2D eigenvalue weighted by molar-refractivity contribution is 0.0602. The van der Waals surface area contributed by atoms with E-state index in [-0.39, 0.29) is 5.97 Å². The van der Waals surface area contributed by atoms with Crippen molar-refractivity contribution in [2.45, 2.75) is 0 Å². The highest BCUT2D eigenvalue weighted by Gasteiger charge is 2.09. The van der Waals surface area contributed by atoms with Gasteiger partial charge in [0.25, 0.3) is 0 Å². The van der Waals surface area contributed by atoms with Crippen molar-refractivity contribution in [2.24, 2.45) is 0 Å². The van der Waals surface area contributed by atoms with E-state index in [0.29, 0.717) is 18.7 Å². The fourth-order valence-electron chi connectivity index (χ4n) is 1.80. The van der Waals surface area contributed by atoms with Crippen LogP contribution in [0.2, 0.25) is 0 Å². The van der Waals surface area contributed by atoms with Gasteiger partial charge in [-0.2, -0.15) is 0 Å². The van der Waals surface area contributed by atoms with Gasteiger partial charge in [-0.25, -0.2) is 4.79 Å². The number of nitrogens with one attached hydrogen (secondary N) is 1. The molecule has 0 bridgehead atoms. The molecule has 0 heterocycles. The van der Waals surface area contributed by atoms with Crippen LogP contribution in [0, 0.1) is 0 Å². The van der Waals surface area contributed by atoms with Crippen LogP contribution >= 0.6 is 0 Å². The van der Waals surface area contributed by atoms with Crippen molar-refractivity contribution in [3.63, 3.8) is 0 Å². The number of ether oxygens (including phenoxy) is 2. The molecule has 0 aliphatic heterocycles. The minimum absolute atomic E-state index is 0.350. The predicted molar refractivity (Wildman–Crippen MR) is 78.2 cm³/mol. The van der Waals surface area contributed by atoms with E-state index in [4.69, 9.17) is 9.47 Å². The number of carbonyl (C=O) groups excluding carboxylic acids is 1. The van der Waals surface area contributed by atoms with Crippen LogP contribution in [0.25, 0.3) is 0 Å². The molecule has 0 saturated carbocycles. The average Bonchev–Trinajstić information content (AvgIpc) is 2.52. The summed E-state index contributed by atoms with van der Waals surface area (Å²) in [6, 6.07) is 16.8. The van der Waals surface area contributed by atoms with Gasteiger partial charge in [-0.3, -0.25) is 0 Å². The van der Waals surface area contributed by atoms with Crippen molar-refractivity contribution in [2.75, 3.05) is 25.6 Å². The molecule has 1 N–H and O–H groups in total. The molecular weight excluding hydrogens is 254 g/mol. The summed E-state index contributed by atoms with van der Waals surface area (Å²) in [5, 5.41) is 3.17. The summed E-state index contributed by atoms with van der Waals surface area (Å²) in [7, 11) is 1.37. The van der Waals surface area contributed by atoms with Crippen LogP contribution in [0.3, 0.4) is 0 Å². The molecule has 0 radical (unpaired) electrons. The number of anilines is 1. The Balaban J connectivity index is 1.87. The molecule has 0 unspecified atom stereocenters. The molecule has 0 amide bonds. The standard InChI is InChI=1S/C16H17NO3/c1-19-16(18)14-9-5-6-10-15(14)17-11-12-20-13-7-3-2-4-8-13/h2-10,17H,11-12H2,1H3. The summed E-state index contributed by atoms with van der Waals surface area (Å²) >= 11 is 0. The van der Waals surface area contributed by atoms with Gasteiger partial charge in [-0.15, -0.1) is 0 Å². The van der Waals surface area contributed by atoms with Gasteiger partial charge in [0, 0.05) is 12.2 Å². The monoisotopic (exact) mass is 271 g/mol. The average molecular weight is 271 g/mol. The first-order chi connectivity index (χ1) is 9.81. The Hall–Kier alpha value is -2.49. The number of para-hydroxylation sites is 2. The second-order valence-corrected chi connectivity index (χ2v) is 4.13. The number of carbonyl (C=O) groups is 1. The molecule has 0 spiro atoms. The van der Waals surface area contributed by atoms with Gasteiger partial charge in [0.1, 0.15) is 12.4 Å². The molecule has 0 saturated heterocycles. The van der Waals surface area contributed by atoms with E-state index in [1.165, 1.54) is 7.11 Å². The van der Waals surface area contributed by atoms with Gasteiger partial charge < -0.3 is 14.8 Å². The smallest absolute Gasteiger partial charge is 0.339 e. The fraction of sp³-hybridized carbons (Fsp3) is 0.188. The van der Waals surface area contributed by atoms with Crippen LogP contribution in [-0.2, 0) is 4.74 Å². The van der Waals surface area contributed by atoms with Gasteiger partial charge in [0.2, 0.25) is 0 Å². The third-order valence-corrected chi connectivity index (χ3v) is 2.76. The van der Waals surface area contributed by atoms with Crippen molar-refractivity contribution in [3.05, 3.63) is 60.2 Å². The van der Waals surface area contributed by atoms with Crippen LogP contribution in [0.5, 0.6) is 5.75 Å². The van der Waals surface area contributed by atoms with E-state index in [1.807, 2.05) is 42.5 Å². The summed E-state index contributed by atoms with van der Waals surface area (Å²) in [5.74, 6) is 0.479. The van der Waals surface area contributed by atoms with Crippen LogP contribution in [0.15, 0.2) is 54.6 Å². The van der Waals surface area contributed by atoms with E-state index in [9.17, 15) is 4.79 Å². The molecule has 4 heteroatoms. The molecule has 20 heavy (non-hydrogen) atoms. The Kier molecular flexibility index (Phi) is 5.00. The van der Waals surface area contributed by atoms with Gasteiger partial charge in [0.05, 0.1) is 12.7 Å². The van der Waals surface area contributed by atoms with Gasteiger partial charge in [-0.1, -0.05) is 30.3 Å². The summed E-state index contributed by atoms with van der Waals surface area (Å²) in [5.41, 5.74) is 1.27. The third-order valence-electron chi connectivity index (χ3n) is 2.76. The Morgan fingerprint density at radius 1 is 1.05 bits per heavy atom. The second kappa shape index (κ2) is 7.19. The van der Waals surface area contributed by atoms with Gasteiger partial charge >= 0.3 is 5.97 Å². The lowest BCUT2D eigenvalue weighted by Gasteiger charge is -2.11. The highest BCUT2D eigenvalue weighted by molar-refractivity contribution is 5.95. The molecule has 0 aliphatic carbocycles. The van der Waals surface area contributed by atoms with Crippen molar-refractivity contribution >= 4 is 11.7 Å². The van der Waals surface area contributed by atoms with E-state index >= 15 is 0 Å². The van der Waals surface area contributed by atoms with E-state index in [0.717, 1.165) is 11.4 Å². The van der Waals surface area contributed by atoms with Crippen LogP contribution in [0.4, 0.5) is 5.69 Å². The normalized spacial score (nSPS) is 9.85. The Bertz CT molecular complexity index is 555. The lowest BCUT2D eigenvalue weighted by atomic mass is 10.2. The van der Waals surface area contributed by atoms with E-state index in [1.54, 1.807) is 12.1 Å². The van der Waals surface area contributed by atoms with Crippen LogP contribution in [0.1, 0.15) is 10.4 Å². The summed E-state index contributed by atoms with van der Waals surface area (Å²) in [4.78, 5) is 11.6. The molecule has 104 valence electrons. The first-order valence-electron chi connectivity index (χ1n) is 6.40. The maximum atomic E-state index is 11.6. The Morgan fingerprint density at radius 3 is 2.50 bits per heavy atom. The van der Waals surface area contributed by atoms with Crippen LogP contribution < -0.4 is 10.1 Å². The third kappa shape index (κ3) is 3.75. The van der Waals surface area contributed by atoms with Crippen molar-refractivity contribution in [1.82, 2.24) is 0 Å². The maximum absolute atomic E-state index is 11.6. The molecule has 2 aromatic rings. The quantitative estimate of drug-likeness (QED) is 0.648. The highest BCUT2D eigenvalue weighted by Crippen LogP contribution is 2.15. The minimum atomic E-state index is -0.350. The topological polar surface area (TPSA) is 47.6 Å². The molecule has 0 aliphatic rings. The number of esters is 1. The number of rotatable bonds is 6. The first kappa shape index (κ1) is 13.9. The molecule has 0 fully saturated rings.